The highest BCUT2D eigenvalue weighted by Crippen LogP contribution is 2.36. The number of halogens is 1. The summed E-state index contributed by atoms with van der Waals surface area (Å²) in [6, 6.07) is 12.9. The molecule has 4 rings (SSSR count). The van der Waals surface area contributed by atoms with Gasteiger partial charge in [0.15, 0.2) is 11.6 Å². The molecular formula is C29H37FN8O4. The highest BCUT2D eigenvalue weighted by molar-refractivity contribution is 5.94. The standard InChI is InChI=1S/C29H37FN8O4/c1-28(2)16-22(17-29(3,4)38(28)42)34-26(39)19-6-8-21(9-7-19)35-27-33-18-24(30)25(36-27)32-15-5-14-31-20-10-12-23(13-11-20)37(40)41/h6-13,18,22,31,42H,5,14-17H2,1-4H3,(H,34,39)(H2,32,33,35,36). The molecule has 0 unspecified atom stereocenters. The van der Waals surface area contributed by atoms with Crippen molar-refractivity contribution in [3.8, 4) is 0 Å². The predicted octanol–water partition coefficient (Wildman–Crippen LogP) is 5.32. The van der Waals surface area contributed by atoms with E-state index in [1.807, 2.05) is 27.7 Å². The molecule has 1 aliphatic heterocycles. The van der Waals surface area contributed by atoms with Gasteiger partial charge in [0, 0.05) is 59.3 Å². The zero-order valence-electron chi connectivity index (χ0n) is 24.1. The third kappa shape index (κ3) is 7.68. The smallest absolute Gasteiger partial charge is 0.269 e. The maximum absolute atomic E-state index is 14.3. The van der Waals surface area contributed by atoms with Crippen LogP contribution in [-0.2, 0) is 0 Å². The second-order valence-electron chi connectivity index (χ2n) is 11.6. The van der Waals surface area contributed by atoms with Crippen molar-refractivity contribution >= 4 is 34.7 Å². The minimum absolute atomic E-state index is 0.0243. The van der Waals surface area contributed by atoms with Crippen molar-refractivity contribution in [2.45, 2.75) is 64.1 Å². The third-order valence-electron chi connectivity index (χ3n) is 7.17. The number of aromatic nitrogens is 2. The van der Waals surface area contributed by atoms with Crippen LogP contribution in [0.25, 0.3) is 0 Å². The fourth-order valence-electron chi connectivity index (χ4n) is 5.26. The molecule has 12 nitrogen and oxygen atoms in total. The molecule has 0 atom stereocenters. The summed E-state index contributed by atoms with van der Waals surface area (Å²) < 4.78 is 14.3. The number of carbonyl (C=O) groups is 1. The molecule has 1 fully saturated rings. The average Bonchev–Trinajstić information content (AvgIpc) is 2.93. The Hall–Kier alpha value is -4.36. The van der Waals surface area contributed by atoms with Crippen LogP contribution in [0.4, 0.5) is 33.2 Å². The number of hydrogen-bond donors (Lipinski definition) is 5. The summed E-state index contributed by atoms with van der Waals surface area (Å²) in [5, 5.41) is 34.9. The molecule has 1 amide bonds. The van der Waals surface area contributed by atoms with E-state index in [0.717, 1.165) is 11.9 Å². The number of amides is 1. The van der Waals surface area contributed by atoms with Crippen molar-refractivity contribution in [1.82, 2.24) is 20.3 Å². The maximum Gasteiger partial charge on any atom is 0.269 e. The number of carbonyl (C=O) groups excluding carboxylic acids is 1. The van der Waals surface area contributed by atoms with E-state index in [0.29, 0.717) is 43.6 Å². The highest BCUT2D eigenvalue weighted by atomic mass is 19.1. The summed E-state index contributed by atoms with van der Waals surface area (Å²) in [5.41, 5.74) is 0.963. The second kappa shape index (κ2) is 12.7. The minimum atomic E-state index is -0.589. The van der Waals surface area contributed by atoms with Crippen LogP contribution >= 0.6 is 0 Å². The molecule has 1 aromatic heterocycles. The molecule has 0 aliphatic carbocycles. The summed E-state index contributed by atoms with van der Waals surface area (Å²) in [5.74, 6) is -0.537. The average molecular weight is 581 g/mol. The van der Waals surface area contributed by atoms with Gasteiger partial charge in [0.05, 0.1) is 11.1 Å². The van der Waals surface area contributed by atoms with Crippen LogP contribution in [0.3, 0.4) is 0 Å². The molecule has 0 bridgehead atoms. The van der Waals surface area contributed by atoms with Gasteiger partial charge in [-0.15, -0.1) is 0 Å². The Morgan fingerprint density at radius 3 is 2.24 bits per heavy atom. The van der Waals surface area contributed by atoms with Gasteiger partial charge in [0.25, 0.3) is 11.6 Å². The van der Waals surface area contributed by atoms with Crippen LogP contribution in [0.2, 0.25) is 0 Å². The van der Waals surface area contributed by atoms with Gasteiger partial charge in [0.2, 0.25) is 5.95 Å². The molecular weight excluding hydrogens is 543 g/mol. The summed E-state index contributed by atoms with van der Waals surface area (Å²) in [6.07, 6.45) is 2.95. The summed E-state index contributed by atoms with van der Waals surface area (Å²) in [4.78, 5) is 31.4. The van der Waals surface area contributed by atoms with Crippen molar-refractivity contribution in [1.29, 1.82) is 0 Å². The van der Waals surface area contributed by atoms with Crippen LogP contribution in [0.15, 0.2) is 54.7 Å². The van der Waals surface area contributed by atoms with E-state index >= 15 is 0 Å². The van der Waals surface area contributed by atoms with Crippen LogP contribution in [0, 0.1) is 15.9 Å². The first kappa shape index (κ1) is 30.6. The first-order valence-corrected chi connectivity index (χ1v) is 13.8. The quantitative estimate of drug-likeness (QED) is 0.114. The van der Waals surface area contributed by atoms with Gasteiger partial charge in [-0.05, 0) is 83.4 Å². The molecule has 1 aliphatic rings. The number of nitro groups is 1. The van der Waals surface area contributed by atoms with Crippen molar-refractivity contribution in [3.63, 3.8) is 0 Å². The van der Waals surface area contributed by atoms with Crippen molar-refractivity contribution in [2.24, 2.45) is 0 Å². The summed E-state index contributed by atoms with van der Waals surface area (Å²) in [7, 11) is 0. The number of non-ortho nitro benzene ring substituents is 1. The lowest BCUT2D eigenvalue weighted by Gasteiger charge is -2.51. The second-order valence-corrected chi connectivity index (χ2v) is 11.6. The van der Waals surface area contributed by atoms with Crippen LogP contribution < -0.4 is 21.3 Å². The third-order valence-corrected chi connectivity index (χ3v) is 7.17. The lowest BCUT2D eigenvalue weighted by molar-refractivity contribution is -0.384. The van der Waals surface area contributed by atoms with Crippen molar-refractivity contribution in [3.05, 3.63) is 76.2 Å². The Morgan fingerprint density at radius 1 is 1.02 bits per heavy atom. The first-order chi connectivity index (χ1) is 19.8. The maximum atomic E-state index is 14.3. The largest absolute Gasteiger partial charge is 0.385 e. The lowest BCUT2D eigenvalue weighted by Crippen LogP contribution is -2.62. The number of piperidine rings is 1. The number of hydrogen-bond acceptors (Lipinski definition) is 10. The number of anilines is 4. The summed E-state index contributed by atoms with van der Waals surface area (Å²) >= 11 is 0. The molecule has 1 saturated heterocycles. The summed E-state index contributed by atoms with van der Waals surface area (Å²) in [6.45, 7) is 8.81. The minimum Gasteiger partial charge on any atom is -0.385 e. The normalized spacial score (nSPS) is 16.4. The lowest BCUT2D eigenvalue weighted by atomic mass is 9.79. The molecule has 3 aromatic rings. The zero-order valence-corrected chi connectivity index (χ0v) is 24.1. The molecule has 0 radical (unpaired) electrons. The van der Waals surface area contributed by atoms with Gasteiger partial charge in [-0.3, -0.25) is 14.9 Å². The Balaban J connectivity index is 1.26. The van der Waals surface area contributed by atoms with Gasteiger partial charge >= 0.3 is 0 Å². The molecule has 2 heterocycles. The van der Waals surface area contributed by atoms with E-state index in [1.54, 1.807) is 36.4 Å². The van der Waals surface area contributed by atoms with Crippen LogP contribution in [0.1, 0.15) is 57.3 Å². The molecule has 13 heteroatoms. The molecule has 0 saturated carbocycles. The van der Waals surface area contributed by atoms with Gasteiger partial charge in [-0.25, -0.2) is 9.37 Å². The van der Waals surface area contributed by atoms with Gasteiger partial charge in [0.1, 0.15) is 0 Å². The fraction of sp³-hybridized carbons (Fsp3) is 0.414. The molecule has 42 heavy (non-hydrogen) atoms. The molecule has 5 N–H and O–H groups in total. The van der Waals surface area contributed by atoms with Crippen LogP contribution in [-0.4, -0.2) is 61.3 Å². The van der Waals surface area contributed by atoms with E-state index in [2.05, 4.69) is 31.2 Å². The Bertz CT molecular complexity index is 1380. The predicted molar refractivity (Wildman–Crippen MR) is 159 cm³/mol. The monoisotopic (exact) mass is 580 g/mol. The highest BCUT2D eigenvalue weighted by Gasteiger charge is 2.45. The SMILES string of the molecule is CC1(C)CC(NC(=O)c2ccc(Nc3ncc(F)c(NCCCNc4ccc([N+](=O)[O-])cc4)n3)cc2)CC(C)(C)N1O. The van der Waals surface area contributed by atoms with Gasteiger partial charge < -0.3 is 26.5 Å². The van der Waals surface area contributed by atoms with Crippen LogP contribution in [0.5, 0.6) is 0 Å². The number of benzene rings is 2. The van der Waals surface area contributed by atoms with E-state index in [4.69, 9.17) is 0 Å². The number of rotatable bonds is 11. The molecule has 0 spiro atoms. The Morgan fingerprint density at radius 2 is 1.62 bits per heavy atom. The van der Waals surface area contributed by atoms with Gasteiger partial charge in [-0.2, -0.15) is 10.0 Å². The Kier molecular flexibility index (Phi) is 9.22. The van der Waals surface area contributed by atoms with E-state index in [-0.39, 0.29) is 29.4 Å². The number of nitrogens with zero attached hydrogens (tertiary/aromatic N) is 4. The van der Waals surface area contributed by atoms with E-state index < -0.39 is 21.8 Å². The first-order valence-electron chi connectivity index (χ1n) is 13.8. The van der Waals surface area contributed by atoms with E-state index in [1.165, 1.54) is 17.2 Å². The zero-order chi connectivity index (χ0) is 30.5. The number of nitro benzene ring substituents is 1. The molecule has 224 valence electrons. The van der Waals surface area contributed by atoms with E-state index in [9.17, 15) is 24.5 Å². The van der Waals surface area contributed by atoms with Gasteiger partial charge in [-0.1, -0.05) is 0 Å². The fourth-order valence-corrected chi connectivity index (χ4v) is 5.26. The Labute approximate surface area is 243 Å². The number of hydroxylamine groups is 2. The number of nitrogens with one attached hydrogen (secondary N) is 4. The van der Waals surface area contributed by atoms with Crippen molar-refractivity contribution in [2.75, 3.05) is 29.0 Å². The topological polar surface area (TPSA) is 158 Å². The molecule has 2 aromatic carbocycles. The van der Waals surface area contributed by atoms with Crippen molar-refractivity contribution < 1.29 is 19.3 Å².